The molecule has 2 amide bonds. The minimum atomic E-state index is -0.613. The second-order valence-corrected chi connectivity index (χ2v) is 6.86. The summed E-state index contributed by atoms with van der Waals surface area (Å²) in [6, 6.07) is 3.31. The van der Waals surface area contributed by atoms with E-state index in [1.54, 1.807) is 11.3 Å². The third-order valence-electron chi connectivity index (χ3n) is 2.97. The van der Waals surface area contributed by atoms with Crippen molar-refractivity contribution in [2.24, 2.45) is 11.7 Å². The Morgan fingerprint density at radius 1 is 1.35 bits per heavy atom. The topological polar surface area (TPSA) is 97.1 Å². The first-order chi connectivity index (χ1) is 10.5. The Kier molecular flexibility index (Phi) is 7.63. The fourth-order valence-electron chi connectivity index (χ4n) is 1.62. The summed E-state index contributed by atoms with van der Waals surface area (Å²) in [7, 11) is 0. The highest BCUT2D eigenvalue weighted by Crippen LogP contribution is 2.28. The molecule has 0 aromatic carbocycles. The molecule has 0 fully saturated rings. The molecule has 0 radical (unpaired) electrons. The van der Waals surface area contributed by atoms with Gasteiger partial charge in [0.2, 0.25) is 11.8 Å². The van der Waals surface area contributed by atoms with E-state index in [-0.39, 0.29) is 36.7 Å². The van der Waals surface area contributed by atoms with E-state index in [0.29, 0.717) is 5.13 Å². The first-order valence-corrected chi connectivity index (χ1v) is 8.56. The molecule has 0 saturated carbocycles. The summed E-state index contributed by atoms with van der Waals surface area (Å²) in [5.74, 6) is -0.629. The summed E-state index contributed by atoms with van der Waals surface area (Å²) in [6.07, 6.45) is 0. The summed E-state index contributed by atoms with van der Waals surface area (Å²) in [4.78, 5) is 28.9. The van der Waals surface area contributed by atoms with Crippen LogP contribution in [0.25, 0.3) is 10.6 Å². The van der Waals surface area contributed by atoms with Crippen LogP contribution in [0.1, 0.15) is 13.8 Å². The molecule has 23 heavy (non-hydrogen) atoms. The van der Waals surface area contributed by atoms with Crippen molar-refractivity contribution in [3.8, 4) is 10.6 Å². The third kappa shape index (κ3) is 5.58. The van der Waals surface area contributed by atoms with Gasteiger partial charge < -0.3 is 16.4 Å². The van der Waals surface area contributed by atoms with E-state index >= 15 is 0 Å². The Labute approximate surface area is 148 Å². The lowest BCUT2D eigenvalue weighted by Crippen LogP contribution is -2.46. The number of carbonyl (C=O) groups is 2. The maximum Gasteiger partial charge on any atom is 0.245 e. The number of hydrogen-bond donors (Lipinski definition) is 3. The van der Waals surface area contributed by atoms with Crippen molar-refractivity contribution in [3.63, 3.8) is 0 Å². The van der Waals surface area contributed by atoms with Crippen molar-refractivity contribution >= 4 is 52.0 Å². The predicted molar refractivity (Wildman–Crippen MR) is 97.1 cm³/mol. The van der Waals surface area contributed by atoms with Crippen LogP contribution in [0.15, 0.2) is 22.9 Å². The molecule has 0 aliphatic rings. The molecule has 6 nitrogen and oxygen atoms in total. The van der Waals surface area contributed by atoms with Gasteiger partial charge in [-0.3, -0.25) is 9.59 Å². The zero-order valence-corrected chi connectivity index (χ0v) is 15.2. The van der Waals surface area contributed by atoms with Gasteiger partial charge in [0.25, 0.3) is 0 Å². The first-order valence-electron chi connectivity index (χ1n) is 6.80. The van der Waals surface area contributed by atoms with Crippen LogP contribution < -0.4 is 16.4 Å². The number of carbonyl (C=O) groups excluding carboxylic acids is 2. The van der Waals surface area contributed by atoms with Gasteiger partial charge in [0, 0.05) is 5.38 Å². The molecule has 0 unspecified atom stereocenters. The van der Waals surface area contributed by atoms with E-state index in [4.69, 9.17) is 5.73 Å². The monoisotopic (exact) mass is 374 g/mol. The highest BCUT2D eigenvalue weighted by atomic mass is 35.5. The summed E-state index contributed by atoms with van der Waals surface area (Å²) in [5.41, 5.74) is 6.54. The standard InChI is InChI=1S/C14H18N4O2S2.ClH/c1-8(2)12(15)13(20)16-6-11(19)18-14-17-9(7-22-14)10-4-3-5-21-10;/h3-5,7-8,12H,6,15H2,1-2H3,(H,16,20)(H,17,18,19);1H/t12-;/m0./s1. The van der Waals surface area contributed by atoms with Crippen molar-refractivity contribution in [3.05, 3.63) is 22.9 Å². The van der Waals surface area contributed by atoms with Gasteiger partial charge in [-0.1, -0.05) is 19.9 Å². The quantitative estimate of drug-likeness (QED) is 0.722. The molecule has 0 saturated heterocycles. The van der Waals surface area contributed by atoms with Crippen molar-refractivity contribution in [2.45, 2.75) is 19.9 Å². The number of nitrogens with two attached hydrogens (primary N) is 1. The largest absolute Gasteiger partial charge is 0.346 e. The second-order valence-electron chi connectivity index (χ2n) is 5.05. The molecule has 2 rings (SSSR count). The van der Waals surface area contributed by atoms with Crippen LogP contribution in [0.5, 0.6) is 0 Å². The van der Waals surface area contributed by atoms with Gasteiger partial charge in [-0.2, -0.15) is 0 Å². The van der Waals surface area contributed by atoms with E-state index in [9.17, 15) is 9.59 Å². The van der Waals surface area contributed by atoms with Gasteiger partial charge in [0.05, 0.1) is 23.2 Å². The molecular formula is C14H19ClN4O2S2. The van der Waals surface area contributed by atoms with Crippen molar-refractivity contribution in [1.82, 2.24) is 10.3 Å². The van der Waals surface area contributed by atoms with Crippen LogP contribution in [0, 0.1) is 5.92 Å². The fourth-order valence-corrected chi connectivity index (χ4v) is 3.11. The summed E-state index contributed by atoms with van der Waals surface area (Å²) in [5, 5.41) is 9.55. The van der Waals surface area contributed by atoms with Crippen molar-refractivity contribution in [1.29, 1.82) is 0 Å². The molecule has 0 aliphatic heterocycles. The zero-order chi connectivity index (χ0) is 16.1. The maximum absolute atomic E-state index is 11.8. The number of nitrogens with zero attached hydrogens (tertiary/aromatic N) is 1. The number of halogens is 1. The molecule has 2 heterocycles. The number of thiazole rings is 1. The van der Waals surface area contributed by atoms with Crippen molar-refractivity contribution < 1.29 is 9.59 Å². The van der Waals surface area contributed by atoms with Crippen LogP contribution in [0.3, 0.4) is 0 Å². The molecule has 2 aromatic rings. The van der Waals surface area contributed by atoms with Gasteiger partial charge in [0.1, 0.15) is 0 Å². The second kappa shape index (κ2) is 8.97. The Balaban J connectivity index is 0.00000264. The van der Waals surface area contributed by atoms with E-state index in [2.05, 4.69) is 15.6 Å². The smallest absolute Gasteiger partial charge is 0.245 e. The van der Waals surface area contributed by atoms with Crippen LogP contribution >= 0.6 is 35.1 Å². The summed E-state index contributed by atoms with van der Waals surface area (Å²) < 4.78 is 0. The van der Waals surface area contributed by atoms with Gasteiger partial charge in [-0.25, -0.2) is 4.98 Å². The van der Waals surface area contributed by atoms with Gasteiger partial charge >= 0.3 is 0 Å². The van der Waals surface area contributed by atoms with E-state index < -0.39 is 6.04 Å². The molecular weight excluding hydrogens is 356 g/mol. The van der Waals surface area contributed by atoms with Crippen LogP contribution in [0.4, 0.5) is 5.13 Å². The molecule has 0 spiro atoms. The Morgan fingerprint density at radius 3 is 2.70 bits per heavy atom. The van der Waals surface area contributed by atoms with E-state index in [1.807, 2.05) is 36.7 Å². The lowest BCUT2D eigenvalue weighted by atomic mass is 10.1. The fraction of sp³-hybridized carbons (Fsp3) is 0.357. The lowest BCUT2D eigenvalue weighted by molar-refractivity contribution is -0.125. The Bertz CT molecular complexity index is 643. The SMILES string of the molecule is CC(C)[C@H](N)C(=O)NCC(=O)Nc1nc(-c2cccs2)cs1.Cl. The average Bonchev–Trinajstić information content (AvgIpc) is 3.14. The van der Waals surface area contributed by atoms with Crippen LogP contribution in [0.2, 0.25) is 0 Å². The van der Waals surface area contributed by atoms with Crippen LogP contribution in [-0.2, 0) is 9.59 Å². The van der Waals surface area contributed by atoms with Gasteiger partial charge in [0.15, 0.2) is 5.13 Å². The maximum atomic E-state index is 11.8. The number of hydrogen-bond acceptors (Lipinski definition) is 6. The third-order valence-corrected chi connectivity index (χ3v) is 4.62. The summed E-state index contributed by atoms with van der Waals surface area (Å²) in [6.45, 7) is 3.59. The van der Waals surface area contributed by atoms with E-state index in [1.165, 1.54) is 11.3 Å². The molecule has 4 N–H and O–H groups in total. The molecule has 1 atom stereocenters. The van der Waals surface area contributed by atoms with Gasteiger partial charge in [-0.05, 0) is 17.4 Å². The van der Waals surface area contributed by atoms with Crippen LogP contribution in [-0.4, -0.2) is 29.4 Å². The Hall–Kier alpha value is -1.48. The number of aromatic nitrogens is 1. The predicted octanol–water partition coefficient (Wildman–Crippen LogP) is 2.33. The molecule has 0 bridgehead atoms. The number of amides is 2. The highest BCUT2D eigenvalue weighted by molar-refractivity contribution is 7.16. The zero-order valence-electron chi connectivity index (χ0n) is 12.7. The van der Waals surface area contributed by atoms with E-state index in [0.717, 1.165) is 10.6 Å². The molecule has 2 aromatic heterocycles. The number of thiophene rings is 1. The number of anilines is 1. The first kappa shape index (κ1) is 19.6. The molecule has 0 aliphatic carbocycles. The number of nitrogens with one attached hydrogen (secondary N) is 2. The summed E-state index contributed by atoms with van der Waals surface area (Å²) >= 11 is 2.94. The van der Waals surface area contributed by atoms with Gasteiger partial charge in [-0.15, -0.1) is 35.1 Å². The lowest BCUT2D eigenvalue weighted by Gasteiger charge is -2.14. The molecule has 9 heteroatoms. The Morgan fingerprint density at radius 2 is 2.09 bits per heavy atom. The van der Waals surface area contributed by atoms with Crippen molar-refractivity contribution in [2.75, 3.05) is 11.9 Å². The minimum Gasteiger partial charge on any atom is -0.346 e. The highest BCUT2D eigenvalue weighted by Gasteiger charge is 2.18. The normalized spacial score (nSPS) is 11.7. The minimum absolute atomic E-state index is 0. The average molecular weight is 375 g/mol. The number of rotatable bonds is 6. The molecule has 126 valence electrons.